The van der Waals surface area contributed by atoms with E-state index in [-0.39, 0.29) is 11.9 Å². The summed E-state index contributed by atoms with van der Waals surface area (Å²) in [6.07, 6.45) is 0. The van der Waals surface area contributed by atoms with Gasteiger partial charge in [-0.2, -0.15) is 0 Å². The Labute approximate surface area is 141 Å². The molecular weight excluding hydrogens is 348 g/mol. The van der Waals surface area contributed by atoms with Crippen LogP contribution in [0.1, 0.15) is 26.3 Å². The number of nitrogens with zero attached hydrogens (tertiary/aromatic N) is 1. The summed E-state index contributed by atoms with van der Waals surface area (Å²) in [4.78, 5) is 14.0. The average molecular weight is 373 g/mol. The van der Waals surface area contributed by atoms with E-state index in [0.717, 1.165) is 28.1 Å². The molecule has 0 unspecified atom stereocenters. The third-order valence-corrected chi connectivity index (χ3v) is 3.83. The predicted molar refractivity (Wildman–Crippen MR) is 91.5 cm³/mol. The molecule has 1 aromatic rings. The van der Waals surface area contributed by atoms with Crippen LogP contribution in [0, 0.1) is 0 Å². The Morgan fingerprint density at radius 2 is 1.91 bits per heavy atom. The molecule has 0 aliphatic carbocycles. The minimum atomic E-state index is 0.0277. The molecule has 1 rings (SSSR count). The maximum absolute atomic E-state index is 11.9. The summed E-state index contributed by atoms with van der Waals surface area (Å²) in [5.74, 6) is 1.55. The molecule has 0 atom stereocenters. The number of nitrogens with one attached hydrogen (secondary N) is 1. The number of rotatable bonds is 8. The van der Waals surface area contributed by atoms with Gasteiger partial charge in [-0.05, 0) is 48.5 Å². The fourth-order valence-corrected chi connectivity index (χ4v) is 2.62. The van der Waals surface area contributed by atoms with Crippen molar-refractivity contribution in [1.82, 2.24) is 10.2 Å². The molecule has 124 valence electrons. The molecule has 5 nitrogen and oxygen atoms in total. The van der Waals surface area contributed by atoms with Gasteiger partial charge in [0.2, 0.25) is 5.91 Å². The second-order valence-corrected chi connectivity index (χ2v) is 6.18. The molecule has 1 N–H and O–H groups in total. The molecule has 6 heteroatoms. The van der Waals surface area contributed by atoms with Crippen LogP contribution in [-0.4, -0.2) is 44.2 Å². The Balaban J connectivity index is 2.88. The summed E-state index contributed by atoms with van der Waals surface area (Å²) in [5, 5.41) is 2.91. The molecule has 0 aliphatic heterocycles. The van der Waals surface area contributed by atoms with E-state index in [9.17, 15) is 4.79 Å². The number of benzene rings is 1. The zero-order valence-corrected chi connectivity index (χ0v) is 15.5. The monoisotopic (exact) mass is 372 g/mol. The summed E-state index contributed by atoms with van der Waals surface area (Å²) < 4.78 is 11.6. The van der Waals surface area contributed by atoms with Gasteiger partial charge in [0, 0.05) is 18.2 Å². The molecule has 22 heavy (non-hydrogen) atoms. The van der Waals surface area contributed by atoms with E-state index in [0.29, 0.717) is 13.1 Å². The molecular formula is C16H25BrN2O3. The van der Waals surface area contributed by atoms with Gasteiger partial charge >= 0.3 is 0 Å². The Morgan fingerprint density at radius 3 is 2.41 bits per heavy atom. The zero-order valence-electron chi connectivity index (χ0n) is 13.9. The molecule has 0 bridgehead atoms. The van der Waals surface area contributed by atoms with E-state index in [1.54, 1.807) is 14.2 Å². The number of amides is 1. The molecule has 1 amide bonds. The van der Waals surface area contributed by atoms with Crippen molar-refractivity contribution in [2.75, 3.05) is 27.3 Å². The summed E-state index contributed by atoms with van der Waals surface area (Å²) in [5.41, 5.74) is 0.988. The molecule has 0 aromatic heterocycles. The molecule has 0 saturated carbocycles. The first-order chi connectivity index (χ1) is 10.4. The van der Waals surface area contributed by atoms with Crippen molar-refractivity contribution in [3.05, 3.63) is 22.2 Å². The maximum atomic E-state index is 11.9. The highest BCUT2D eigenvalue weighted by Crippen LogP contribution is 2.33. The molecule has 0 aliphatic rings. The lowest BCUT2D eigenvalue weighted by atomic mass is 10.1. The fraction of sp³-hybridized carbons (Fsp3) is 0.562. The van der Waals surface area contributed by atoms with Gasteiger partial charge in [-0.15, -0.1) is 0 Å². The van der Waals surface area contributed by atoms with Crippen LogP contribution in [0.15, 0.2) is 16.6 Å². The largest absolute Gasteiger partial charge is 0.496 e. The number of methoxy groups -OCH3 is 2. The Kier molecular flexibility index (Phi) is 7.68. The van der Waals surface area contributed by atoms with Gasteiger partial charge in [-0.1, -0.05) is 6.92 Å². The number of hydrogen-bond acceptors (Lipinski definition) is 4. The summed E-state index contributed by atoms with van der Waals surface area (Å²) in [7, 11) is 3.27. The Hall–Kier alpha value is -1.27. The zero-order chi connectivity index (χ0) is 16.7. The topological polar surface area (TPSA) is 50.8 Å². The summed E-state index contributed by atoms with van der Waals surface area (Å²) >= 11 is 3.45. The first-order valence-electron chi connectivity index (χ1n) is 7.33. The highest BCUT2D eigenvalue weighted by Gasteiger charge is 2.15. The van der Waals surface area contributed by atoms with Crippen molar-refractivity contribution in [2.45, 2.75) is 33.4 Å². The van der Waals surface area contributed by atoms with Crippen LogP contribution in [0.25, 0.3) is 0 Å². The van der Waals surface area contributed by atoms with Gasteiger partial charge in [0.15, 0.2) is 0 Å². The Bertz CT molecular complexity index is 506. The number of ether oxygens (including phenoxy) is 2. The van der Waals surface area contributed by atoms with Crippen molar-refractivity contribution >= 4 is 21.8 Å². The third-order valence-electron chi connectivity index (χ3n) is 3.21. The van der Waals surface area contributed by atoms with Crippen molar-refractivity contribution in [3.8, 4) is 11.5 Å². The molecule has 0 saturated heterocycles. The number of carbonyl (C=O) groups is 1. The standard InChI is InChI=1S/C16H25BrN2O3/c1-6-19(10-16(20)18-11(2)3)9-12-7-15(22-5)13(17)8-14(12)21-4/h7-8,11H,6,9-10H2,1-5H3,(H,18,20). The maximum Gasteiger partial charge on any atom is 0.234 e. The number of halogens is 1. The molecule has 0 radical (unpaired) electrons. The highest BCUT2D eigenvalue weighted by molar-refractivity contribution is 9.10. The van der Waals surface area contributed by atoms with Crippen molar-refractivity contribution in [2.24, 2.45) is 0 Å². The van der Waals surface area contributed by atoms with Crippen LogP contribution in [0.4, 0.5) is 0 Å². The number of carbonyl (C=O) groups excluding carboxylic acids is 1. The second kappa shape index (κ2) is 9.00. The smallest absolute Gasteiger partial charge is 0.234 e. The quantitative estimate of drug-likeness (QED) is 0.762. The van der Waals surface area contributed by atoms with Gasteiger partial charge in [0.1, 0.15) is 11.5 Å². The third kappa shape index (κ3) is 5.50. The molecule has 0 heterocycles. The molecule has 0 fully saturated rings. The fourth-order valence-electron chi connectivity index (χ4n) is 2.14. The van der Waals surface area contributed by atoms with Crippen molar-refractivity contribution < 1.29 is 14.3 Å². The minimum absolute atomic E-state index is 0.0277. The van der Waals surface area contributed by atoms with E-state index >= 15 is 0 Å². The van der Waals surface area contributed by atoms with Crippen LogP contribution in [0.3, 0.4) is 0 Å². The van der Waals surface area contributed by atoms with Gasteiger partial charge in [0.25, 0.3) is 0 Å². The first kappa shape index (κ1) is 18.8. The normalized spacial score (nSPS) is 10.9. The summed E-state index contributed by atoms with van der Waals surface area (Å²) in [6, 6.07) is 3.97. The van der Waals surface area contributed by atoms with Crippen LogP contribution in [-0.2, 0) is 11.3 Å². The Morgan fingerprint density at radius 1 is 1.27 bits per heavy atom. The first-order valence-corrected chi connectivity index (χ1v) is 8.12. The molecule has 1 aromatic carbocycles. The van der Waals surface area contributed by atoms with E-state index in [1.807, 2.05) is 32.9 Å². The minimum Gasteiger partial charge on any atom is -0.496 e. The van der Waals surface area contributed by atoms with E-state index < -0.39 is 0 Å². The summed E-state index contributed by atoms with van der Waals surface area (Å²) in [6.45, 7) is 7.69. The highest BCUT2D eigenvalue weighted by atomic mass is 79.9. The lowest BCUT2D eigenvalue weighted by Gasteiger charge is -2.22. The van der Waals surface area contributed by atoms with Crippen molar-refractivity contribution in [3.63, 3.8) is 0 Å². The van der Waals surface area contributed by atoms with Gasteiger partial charge in [-0.25, -0.2) is 0 Å². The van der Waals surface area contributed by atoms with Crippen LogP contribution in [0.2, 0.25) is 0 Å². The van der Waals surface area contributed by atoms with E-state index in [4.69, 9.17) is 9.47 Å². The molecule has 0 spiro atoms. The van der Waals surface area contributed by atoms with Crippen LogP contribution in [0.5, 0.6) is 11.5 Å². The number of hydrogen-bond donors (Lipinski definition) is 1. The lowest BCUT2D eigenvalue weighted by Crippen LogP contribution is -2.39. The van der Waals surface area contributed by atoms with Gasteiger partial charge in [0.05, 0.1) is 25.2 Å². The van der Waals surface area contributed by atoms with Crippen LogP contribution >= 0.6 is 15.9 Å². The van der Waals surface area contributed by atoms with E-state index in [1.165, 1.54) is 0 Å². The van der Waals surface area contributed by atoms with E-state index in [2.05, 4.69) is 26.1 Å². The second-order valence-electron chi connectivity index (χ2n) is 5.32. The predicted octanol–water partition coefficient (Wildman–Crippen LogP) is 2.81. The van der Waals surface area contributed by atoms with Gasteiger partial charge in [-0.3, -0.25) is 9.69 Å². The average Bonchev–Trinajstić information content (AvgIpc) is 2.46. The van der Waals surface area contributed by atoms with Gasteiger partial charge < -0.3 is 14.8 Å². The number of likely N-dealkylation sites (N-methyl/N-ethyl adjacent to an activating group) is 1. The SMILES string of the molecule is CCN(CC(=O)NC(C)C)Cc1cc(OC)c(Br)cc1OC. The van der Waals surface area contributed by atoms with Crippen LogP contribution < -0.4 is 14.8 Å². The lowest BCUT2D eigenvalue weighted by molar-refractivity contribution is -0.122. The van der Waals surface area contributed by atoms with Crippen molar-refractivity contribution in [1.29, 1.82) is 0 Å².